The summed E-state index contributed by atoms with van der Waals surface area (Å²) in [6, 6.07) is 61.0. The fourth-order valence-corrected chi connectivity index (χ4v) is 10.9. The second-order valence-corrected chi connectivity index (χ2v) is 20.4. The first kappa shape index (κ1) is 40.6. The number of pyridine rings is 1. The molecule has 320 valence electrons. The van der Waals surface area contributed by atoms with Crippen molar-refractivity contribution in [3.05, 3.63) is 204 Å². The lowest BCUT2D eigenvalue weighted by atomic mass is 9.78. The molecular formula is C59H52N4OS. The summed E-state index contributed by atoms with van der Waals surface area (Å²) in [4.78, 5) is 9.93. The van der Waals surface area contributed by atoms with E-state index in [9.17, 15) is 0 Å². The highest BCUT2D eigenvalue weighted by molar-refractivity contribution is 7.26. The predicted molar refractivity (Wildman–Crippen MR) is 276 cm³/mol. The van der Waals surface area contributed by atoms with Crippen molar-refractivity contribution in [1.29, 1.82) is 0 Å². The second-order valence-electron chi connectivity index (χ2n) is 19.4. The molecule has 1 aliphatic heterocycles. The van der Waals surface area contributed by atoms with Crippen LogP contribution in [0.2, 0.25) is 0 Å². The van der Waals surface area contributed by atoms with Crippen LogP contribution in [0.25, 0.3) is 59.2 Å². The van der Waals surface area contributed by atoms with Gasteiger partial charge in [0, 0.05) is 71.8 Å². The van der Waals surface area contributed by atoms with Gasteiger partial charge in [0.2, 0.25) is 0 Å². The van der Waals surface area contributed by atoms with Crippen molar-refractivity contribution >= 4 is 76.1 Å². The number of aromatic nitrogens is 2. The molecule has 0 fully saturated rings. The van der Waals surface area contributed by atoms with Crippen molar-refractivity contribution in [2.24, 2.45) is 0 Å². The monoisotopic (exact) mass is 864 g/mol. The molecule has 0 radical (unpaired) electrons. The molecule has 0 saturated heterocycles. The van der Waals surface area contributed by atoms with Crippen molar-refractivity contribution in [3.63, 3.8) is 0 Å². The maximum Gasteiger partial charge on any atom is 0.137 e. The summed E-state index contributed by atoms with van der Waals surface area (Å²) in [6.07, 6.45) is 1.87. The molecule has 0 bridgehead atoms. The van der Waals surface area contributed by atoms with Gasteiger partial charge in [0.15, 0.2) is 0 Å². The van der Waals surface area contributed by atoms with Crippen LogP contribution < -0.4 is 14.5 Å². The van der Waals surface area contributed by atoms with Gasteiger partial charge in [-0.25, -0.2) is 4.98 Å². The van der Waals surface area contributed by atoms with Crippen LogP contribution >= 0.6 is 11.3 Å². The Hall–Kier alpha value is -7.15. The highest BCUT2D eigenvalue weighted by Gasteiger charge is 2.37. The van der Waals surface area contributed by atoms with E-state index in [1.807, 2.05) is 23.6 Å². The molecule has 4 heterocycles. The normalized spacial score (nSPS) is 13.6. The molecular weight excluding hydrogens is 813 g/mol. The number of ether oxygens (including phenoxy) is 1. The summed E-state index contributed by atoms with van der Waals surface area (Å²) in [5, 5.41) is 4.87. The molecule has 11 rings (SSSR count). The first-order valence-electron chi connectivity index (χ1n) is 22.6. The quantitative estimate of drug-likeness (QED) is 0.160. The maximum absolute atomic E-state index is 6.92. The Balaban J connectivity index is 1.06. The van der Waals surface area contributed by atoms with Crippen molar-refractivity contribution in [2.75, 3.05) is 16.5 Å². The number of hydrogen-bond acceptors (Lipinski definition) is 5. The predicted octanol–water partition coefficient (Wildman–Crippen LogP) is 16.1. The van der Waals surface area contributed by atoms with E-state index in [2.05, 4.69) is 227 Å². The van der Waals surface area contributed by atoms with Crippen molar-refractivity contribution in [2.45, 2.75) is 59.3 Å². The summed E-state index contributed by atoms with van der Waals surface area (Å²) in [6.45, 7) is 16.9. The zero-order valence-electron chi connectivity index (χ0n) is 38.1. The van der Waals surface area contributed by atoms with Gasteiger partial charge in [0.1, 0.15) is 24.0 Å². The van der Waals surface area contributed by atoms with Gasteiger partial charge in [0.25, 0.3) is 0 Å². The van der Waals surface area contributed by atoms with Crippen LogP contribution in [-0.4, -0.2) is 16.2 Å². The average molecular weight is 865 g/mol. The number of fused-ring (bicyclic) bond motifs is 7. The van der Waals surface area contributed by atoms with Gasteiger partial charge in [0.05, 0.1) is 22.4 Å². The van der Waals surface area contributed by atoms with E-state index in [0.717, 1.165) is 45.2 Å². The van der Waals surface area contributed by atoms with E-state index in [-0.39, 0.29) is 10.8 Å². The molecule has 10 aromatic rings. The fraction of sp³-hybridized carbons (Fsp3) is 0.169. The van der Waals surface area contributed by atoms with Gasteiger partial charge < -0.3 is 14.5 Å². The lowest BCUT2D eigenvalue weighted by molar-refractivity contribution is 0.483. The van der Waals surface area contributed by atoms with Crippen molar-refractivity contribution in [1.82, 2.24) is 9.55 Å². The average Bonchev–Trinajstić information content (AvgIpc) is 3.99. The van der Waals surface area contributed by atoms with Gasteiger partial charge in [-0.1, -0.05) is 151 Å². The van der Waals surface area contributed by atoms with E-state index in [4.69, 9.17) is 9.72 Å². The molecule has 0 N–H and O–H groups in total. The Labute approximate surface area is 385 Å². The summed E-state index contributed by atoms with van der Waals surface area (Å²) >= 11 is 1.84. The summed E-state index contributed by atoms with van der Waals surface area (Å²) < 4.78 is 11.8. The first-order chi connectivity index (χ1) is 31.4. The third kappa shape index (κ3) is 7.04. The largest absolute Gasteiger partial charge is 0.457 e. The Morgan fingerprint density at radius 3 is 1.94 bits per heavy atom. The molecule has 0 unspecified atom stereocenters. The highest BCUT2D eigenvalue weighted by atomic mass is 32.1. The second kappa shape index (κ2) is 15.5. The lowest BCUT2D eigenvalue weighted by Crippen LogP contribution is -2.30. The lowest BCUT2D eigenvalue weighted by Gasteiger charge is -2.34. The van der Waals surface area contributed by atoms with Crippen LogP contribution in [0.3, 0.4) is 0 Å². The van der Waals surface area contributed by atoms with Gasteiger partial charge >= 0.3 is 0 Å². The molecule has 0 spiro atoms. The van der Waals surface area contributed by atoms with Gasteiger partial charge in [-0.15, -0.1) is 11.3 Å². The Morgan fingerprint density at radius 1 is 0.554 bits per heavy atom. The van der Waals surface area contributed by atoms with Crippen LogP contribution in [-0.2, 0) is 10.8 Å². The van der Waals surface area contributed by atoms with Crippen LogP contribution in [0.1, 0.15) is 69.4 Å². The third-order valence-electron chi connectivity index (χ3n) is 12.9. The van der Waals surface area contributed by atoms with Crippen LogP contribution in [0.15, 0.2) is 176 Å². The standard InChI is InChI=1S/C59H52N4OS/c1-38-33-41(58(2,3)4)34-48(59(5,6)7)54(38)62-37-61(55(39-19-10-8-11-20-39)56(62)40-21-12-9-13-22-40)42-23-18-24-43(35-42)64-44-28-29-45-46-30-31-51-53(47-25-14-15-26-50(47)65-51)57(46)63(49(45)36-44)52-27-16-17-32-60-52/h8-36H,37H2,1-7H3. The minimum Gasteiger partial charge on any atom is -0.457 e. The van der Waals surface area contributed by atoms with Crippen LogP contribution in [0.5, 0.6) is 11.5 Å². The zero-order chi connectivity index (χ0) is 44.6. The number of aryl methyl sites for hydroxylation is 1. The van der Waals surface area contributed by atoms with Crippen LogP contribution in [0, 0.1) is 6.92 Å². The highest BCUT2D eigenvalue weighted by Crippen LogP contribution is 2.49. The molecule has 65 heavy (non-hydrogen) atoms. The first-order valence-corrected chi connectivity index (χ1v) is 23.4. The SMILES string of the molecule is Cc1cc(C(C)(C)C)cc(C(C)(C)C)c1N1CN(c2cccc(Oc3ccc4c5ccc6sc7ccccc7c6c5n(-c5ccccn5)c4c3)c2)C(c2ccccc2)=C1c1ccccc1. The molecule has 0 aliphatic carbocycles. The topological polar surface area (TPSA) is 33.5 Å². The van der Waals surface area contributed by atoms with Gasteiger partial charge in [-0.05, 0) is 83.0 Å². The molecule has 0 amide bonds. The Bertz CT molecular complexity index is 3460. The fourth-order valence-electron chi connectivity index (χ4n) is 9.78. The number of nitrogens with zero attached hydrogens (tertiary/aromatic N) is 4. The number of benzene rings is 7. The summed E-state index contributed by atoms with van der Waals surface area (Å²) in [5.74, 6) is 2.40. The molecule has 3 aromatic heterocycles. The van der Waals surface area contributed by atoms with E-state index >= 15 is 0 Å². The number of thiophene rings is 1. The minimum atomic E-state index is -0.107. The molecule has 5 nitrogen and oxygen atoms in total. The number of anilines is 2. The van der Waals surface area contributed by atoms with Crippen molar-refractivity contribution < 1.29 is 4.74 Å². The van der Waals surface area contributed by atoms with Gasteiger partial charge in [-0.3, -0.25) is 4.57 Å². The number of rotatable bonds is 7. The third-order valence-corrected chi connectivity index (χ3v) is 14.0. The van der Waals surface area contributed by atoms with Crippen LogP contribution in [0.4, 0.5) is 11.4 Å². The smallest absolute Gasteiger partial charge is 0.137 e. The van der Waals surface area contributed by atoms with E-state index in [0.29, 0.717) is 6.67 Å². The zero-order valence-corrected chi connectivity index (χ0v) is 38.9. The molecule has 0 saturated carbocycles. The minimum absolute atomic E-state index is 0.0129. The van der Waals surface area contributed by atoms with E-state index in [1.165, 1.54) is 64.7 Å². The summed E-state index contributed by atoms with van der Waals surface area (Å²) in [5.41, 5.74) is 13.1. The summed E-state index contributed by atoms with van der Waals surface area (Å²) in [7, 11) is 0. The Kier molecular flexibility index (Phi) is 9.70. The molecule has 1 aliphatic rings. The van der Waals surface area contributed by atoms with Gasteiger partial charge in [-0.2, -0.15) is 0 Å². The van der Waals surface area contributed by atoms with E-state index in [1.54, 1.807) is 0 Å². The Morgan fingerprint density at radius 2 is 1.23 bits per heavy atom. The molecule has 0 atom stereocenters. The maximum atomic E-state index is 6.92. The number of hydrogen-bond donors (Lipinski definition) is 0. The van der Waals surface area contributed by atoms with E-state index < -0.39 is 0 Å². The molecule has 6 heteroatoms. The molecule has 7 aromatic carbocycles. The van der Waals surface area contributed by atoms with Crippen molar-refractivity contribution in [3.8, 4) is 17.3 Å².